The largest absolute Gasteiger partial charge is 0.361 e. The minimum atomic E-state index is 0.108. The number of aromatic nitrogens is 1. The molecule has 37 heavy (non-hydrogen) atoms. The number of carbonyl (C=O) groups is 2. The Morgan fingerprint density at radius 3 is 2.62 bits per heavy atom. The highest BCUT2D eigenvalue weighted by Crippen LogP contribution is 2.43. The first-order valence-electron chi connectivity index (χ1n) is 14.3. The van der Waals surface area contributed by atoms with Gasteiger partial charge in [0.2, 0.25) is 5.91 Å². The summed E-state index contributed by atoms with van der Waals surface area (Å²) in [6, 6.07) is 10.6. The first-order valence-corrected chi connectivity index (χ1v) is 14.3. The van der Waals surface area contributed by atoms with Crippen LogP contribution in [0.5, 0.6) is 0 Å². The third kappa shape index (κ3) is 5.77. The molecule has 4 heterocycles. The first kappa shape index (κ1) is 26.0. The molecule has 5 rings (SSSR count). The van der Waals surface area contributed by atoms with Crippen molar-refractivity contribution in [2.75, 3.05) is 26.2 Å². The van der Waals surface area contributed by atoms with Gasteiger partial charge < -0.3 is 14.7 Å². The quantitative estimate of drug-likeness (QED) is 0.506. The number of carbonyl (C=O) groups excluding carboxylic acids is 2. The van der Waals surface area contributed by atoms with Gasteiger partial charge in [-0.05, 0) is 102 Å². The molecule has 2 amide bonds. The monoisotopic (exact) mass is 506 g/mol. The summed E-state index contributed by atoms with van der Waals surface area (Å²) in [5.74, 6) is 2.22. The third-order valence-corrected chi connectivity index (χ3v) is 8.96. The number of nitrogens with zero attached hydrogens (tertiary/aromatic N) is 3. The Labute approximate surface area is 220 Å². The van der Waals surface area contributed by atoms with E-state index >= 15 is 0 Å². The highest BCUT2D eigenvalue weighted by atomic mass is 16.5. The van der Waals surface area contributed by atoms with Crippen molar-refractivity contribution < 1.29 is 14.1 Å². The SMILES string of the molecule is Cc1noc(C)c1CCCNC(=O)CCC[C@@H]1[C@H]2CCCN3CCC[C@@H](CN1C(=O)c1ccccc1)[C@@H]23. The van der Waals surface area contributed by atoms with Crippen molar-refractivity contribution in [3.8, 4) is 0 Å². The van der Waals surface area contributed by atoms with Crippen LogP contribution < -0.4 is 5.32 Å². The van der Waals surface area contributed by atoms with Crippen molar-refractivity contribution in [1.82, 2.24) is 20.3 Å². The maximum Gasteiger partial charge on any atom is 0.254 e. The van der Waals surface area contributed by atoms with Gasteiger partial charge in [0.05, 0.1) is 5.69 Å². The van der Waals surface area contributed by atoms with Crippen LogP contribution in [-0.2, 0) is 11.2 Å². The van der Waals surface area contributed by atoms with Crippen LogP contribution in [-0.4, -0.2) is 65.0 Å². The van der Waals surface area contributed by atoms with Crippen molar-refractivity contribution in [1.29, 1.82) is 0 Å². The number of benzene rings is 1. The van der Waals surface area contributed by atoms with E-state index in [1.807, 2.05) is 44.2 Å². The van der Waals surface area contributed by atoms with Crippen LogP contribution in [0, 0.1) is 25.7 Å². The van der Waals surface area contributed by atoms with Crippen LogP contribution in [0.4, 0.5) is 0 Å². The number of aryl methyl sites for hydroxylation is 2. The average Bonchev–Trinajstić information content (AvgIpc) is 3.24. The zero-order valence-electron chi connectivity index (χ0n) is 22.5. The van der Waals surface area contributed by atoms with Gasteiger partial charge in [-0.2, -0.15) is 0 Å². The molecule has 1 aromatic carbocycles. The molecular formula is C30H42N4O3. The molecule has 3 aliphatic rings. The van der Waals surface area contributed by atoms with Gasteiger partial charge >= 0.3 is 0 Å². The summed E-state index contributed by atoms with van der Waals surface area (Å²) in [6.07, 6.45) is 8.82. The second-order valence-electron chi connectivity index (χ2n) is 11.3. The Morgan fingerprint density at radius 2 is 1.86 bits per heavy atom. The van der Waals surface area contributed by atoms with Crippen LogP contribution in [0.3, 0.4) is 0 Å². The standard InChI is InChI=1S/C30H42N4O3/c1-21-25(22(2)37-32-21)13-7-17-31-28(35)16-6-15-27-26-14-9-19-33-18-8-12-24(29(26)33)20-34(27)30(36)23-10-4-3-5-11-23/h3-5,10-11,24,26-27,29H,6-9,12-20H2,1-2H3,(H,31,35)/t24-,26+,27+,29-/m0/s1. The summed E-state index contributed by atoms with van der Waals surface area (Å²) in [5.41, 5.74) is 2.87. The normalized spacial score (nSPS) is 25.5. The smallest absolute Gasteiger partial charge is 0.254 e. The number of hydrogen-bond acceptors (Lipinski definition) is 5. The molecule has 7 nitrogen and oxygen atoms in total. The Kier molecular flexibility index (Phi) is 8.28. The summed E-state index contributed by atoms with van der Waals surface area (Å²) < 4.78 is 5.23. The van der Waals surface area contributed by atoms with Gasteiger partial charge in [-0.1, -0.05) is 23.4 Å². The molecule has 0 aliphatic carbocycles. The highest BCUT2D eigenvalue weighted by Gasteiger charge is 2.49. The maximum absolute atomic E-state index is 13.7. The molecule has 4 atom stereocenters. The maximum atomic E-state index is 13.7. The molecule has 1 aromatic heterocycles. The number of piperidine rings is 3. The van der Waals surface area contributed by atoms with Crippen molar-refractivity contribution in [2.24, 2.45) is 11.8 Å². The summed E-state index contributed by atoms with van der Waals surface area (Å²) in [4.78, 5) is 31.2. The molecule has 200 valence electrons. The lowest BCUT2D eigenvalue weighted by atomic mass is 9.69. The van der Waals surface area contributed by atoms with E-state index in [1.54, 1.807) is 0 Å². The molecular weight excluding hydrogens is 464 g/mol. The van der Waals surface area contributed by atoms with Crippen LogP contribution in [0.25, 0.3) is 0 Å². The minimum Gasteiger partial charge on any atom is -0.361 e. The second kappa shape index (κ2) is 11.8. The lowest BCUT2D eigenvalue weighted by molar-refractivity contribution is -0.121. The molecule has 2 aromatic rings. The molecule has 0 radical (unpaired) electrons. The summed E-state index contributed by atoms with van der Waals surface area (Å²) in [7, 11) is 0. The fraction of sp³-hybridized carbons (Fsp3) is 0.633. The van der Waals surface area contributed by atoms with Crippen molar-refractivity contribution in [2.45, 2.75) is 83.7 Å². The van der Waals surface area contributed by atoms with Crippen LogP contribution >= 0.6 is 0 Å². The molecule has 0 unspecified atom stereocenters. The summed E-state index contributed by atoms with van der Waals surface area (Å²) in [6.45, 7) is 7.81. The fourth-order valence-electron chi connectivity index (χ4n) is 7.26. The molecule has 1 N–H and O–H groups in total. The number of likely N-dealkylation sites (tertiary alicyclic amines) is 1. The van der Waals surface area contributed by atoms with E-state index in [9.17, 15) is 9.59 Å². The van der Waals surface area contributed by atoms with E-state index < -0.39 is 0 Å². The second-order valence-corrected chi connectivity index (χ2v) is 11.3. The van der Waals surface area contributed by atoms with Crippen LogP contribution in [0.2, 0.25) is 0 Å². The topological polar surface area (TPSA) is 78.7 Å². The molecule has 3 aliphatic heterocycles. The van der Waals surface area contributed by atoms with Gasteiger partial charge in [0, 0.05) is 42.7 Å². The minimum absolute atomic E-state index is 0.108. The third-order valence-electron chi connectivity index (χ3n) is 8.96. The van der Waals surface area contributed by atoms with Gasteiger partial charge in [0.1, 0.15) is 5.76 Å². The van der Waals surface area contributed by atoms with Gasteiger partial charge in [0.15, 0.2) is 0 Å². The predicted octanol–water partition coefficient (Wildman–Crippen LogP) is 4.53. The lowest BCUT2D eigenvalue weighted by Crippen LogP contribution is -2.65. The van der Waals surface area contributed by atoms with E-state index in [0.29, 0.717) is 30.8 Å². The predicted molar refractivity (Wildman–Crippen MR) is 143 cm³/mol. The van der Waals surface area contributed by atoms with Crippen LogP contribution in [0.15, 0.2) is 34.9 Å². The van der Waals surface area contributed by atoms with Gasteiger partial charge in [-0.3, -0.25) is 14.5 Å². The lowest BCUT2D eigenvalue weighted by Gasteiger charge is -2.57. The highest BCUT2D eigenvalue weighted by molar-refractivity contribution is 5.94. The summed E-state index contributed by atoms with van der Waals surface area (Å²) in [5, 5.41) is 7.10. The molecule has 3 fully saturated rings. The zero-order valence-corrected chi connectivity index (χ0v) is 22.5. The number of rotatable bonds is 9. The fourth-order valence-corrected chi connectivity index (χ4v) is 7.26. The van der Waals surface area contributed by atoms with Crippen molar-refractivity contribution in [3.05, 3.63) is 52.9 Å². The van der Waals surface area contributed by atoms with Gasteiger partial charge in [-0.25, -0.2) is 0 Å². The number of nitrogens with one attached hydrogen (secondary N) is 1. The van der Waals surface area contributed by atoms with E-state index in [0.717, 1.165) is 54.8 Å². The van der Waals surface area contributed by atoms with E-state index in [-0.39, 0.29) is 17.9 Å². The van der Waals surface area contributed by atoms with Crippen molar-refractivity contribution in [3.63, 3.8) is 0 Å². The van der Waals surface area contributed by atoms with E-state index in [4.69, 9.17) is 4.52 Å². The Balaban J connectivity index is 1.18. The van der Waals surface area contributed by atoms with Gasteiger partial charge in [-0.15, -0.1) is 0 Å². The Bertz CT molecular complexity index is 1050. The molecule has 0 saturated carbocycles. The molecule has 3 saturated heterocycles. The Hall–Kier alpha value is -2.67. The summed E-state index contributed by atoms with van der Waals surface area (Å²) >= 11 is 0. The Morgan fingerprint density at radius 1 is 1.08 bits per heavy atom. The van der Waals surface area contributed by atoms with Crippen LogP contribution in [0.1, 0.15) is 78.7 Å². The zero-order chi connectivity index (χ0) is 25.8. The molecule has 7 heteroatoms. The van der Waals surface area contributed by atoms with Crippen molar-refractivity contribution >= 4 is 11.8 Å². The number of hydrogen-bond donors (Lipinski definition) is 1. The van der Waals surface area contributed by atoms with E-state index in [2.05, 4.69) is 20.3 Å². The van der Waals surface area contributed by atoms with Gasteiger partial charge in [0.25, 0.3) is 5.91 Å². The molecule has 0 spiro atoms. The molecule has 0 bridgehead atoms. The van der Waals surface area contributed by atoms with E-state index in [1.165, 1.54) is 38.8 Å². The number of amides is 2. The first-order chi connectivity index (χ1) is 18.0. The average molecular weight is 507 g/mol.